The van der Waals surface area contributed by atoms with Gasteiger partial charge in [-0.1, -0.05) is 6.07 Å². The average molecular weight is 297 g/mol. The molecule has 22 heavy (non-hydrogen) atoms. The van der Waals surface area contributed by atoms with E-state index in [-0.39, 0.29) is 5.56 Å². The Morgan fingerprint density at radius 2 is 2.09 bits per heavy atom. The highest BCUT2D eigenvalue weighted by Gasteiger charge is 2.17. The van der Waals surface area contributed by atoms with E-state index in [2.05, 4.69) is 4.98 Å². The summed E-state index contributed by atoms with van der Waals surface area (Å²) in [6.07, 6.45) is 1.76. The Kier molecular flexibility index (Phi) is 3.55. The molecule has 3 rings (SSSR count). The molecule has 3 aromatic rings. The third-order valence-corrected chi connectivity index (χ3v) is 3.43. The molecular weight excluding hydrogens is 282 g/mol. The predicted octanol–water partition coefficient (Wildman–Crippen LogP) is 3.72. The molecule has 0 spiro atoms. The van der Waals surface area contributed by atoms with Crippen molar-refractivity contribution in [2.75, 3.05) is 0 Å². The van der Waals surface area contributed by atoms with E-state index in [0.29, 0.717) is 29.1 Å². The van der Waals surface area contributed by atoms with Crippen molar-refractivity contribution in [2.45, 2.75) is 20.5 Å². The lowest BCUT2D eigenvalue weighted by Crippen LogP contribution is -1.98. The number of aryl methyl sites for hydroxylation is 2. The van der Waals surface area contributed by atoms with Crippen LogP contribution < -0.4 is 4.74 Å². The predicted molar refractivity (Wildman–Crippen MR) is 81.2 cm³/mol. The number of aromatic nitrogens is 1. The summed E-state index contributed by atoms with van der Waals surface area (Å²) < 4.78 is 11.2. The number of carboxylic acid groups (broad SMARTS) is 1. The van der Waals surface area contributed by atoms with Crippen molar-refractivity contribution >= 4 is 16.9 Å². The highest BCUT2D eigenvalue weighted by molar-refractivity contribution is 6.03. The van der Waals surface area contributed by atoms with Gasteiger partial charge in [0.05, 0.1) is 0 Å². The maximum Gasteiger partial charge on any atom is 0.339 e. The van der Waals surface area contributed by atoms with Gasteiger partial charge in [0, 0.05) is 22.8 Å². The van der Waals surface area contributed by atoms with Crippen molar-refractivity contribution < 1.29 is 19.1 Å². The molecule has 0 aliphatic heterocycles. The fourth-order valence-corrected chi connectivity index (χ4v) is 2.31. The van der Waals surface area contributed by atoms with Crippen molar-refractivity contribution in [1.29, 1.82) is 0 Å². The van der Waals surface area contributed by atoms with Crippen LogP contribution >= 0.6 is 0 Å². The number of pyridine rings is 1. The number of benzene rings is 1. The molecule has 0 radical (unpaired) electrons. The Labute approximate surface area is 127 Å². The summed E-state index contributed by atoms with van der Waals surface area (Å²) in [5.74, 6) is -0.0186. The molecule has 2 aromatic heterocycles. The molecule has 0 unspecified atom stereocenters. The zero-order valence-electron chi connectivity index (χ0n) is 12.3. The molecule has 0 bridgehead atoms. The van der Waals surface area contributed by atoms with E-state index in [1.54, 1.807) is 31.3 Å². The van der Waals surface area contributed by atoms with Crippen molar-refractivity contribution in [3.8, 4) is 5.75 Å². The molecule has 1 aromatic carbocycles. The fraction of sp³-hybridized carbons (Fsp3) is 0.176. The zero-order chi connectivity index (χ0) is 15.7. The summed E-state index contributed by atoms with van der Waals surface area (Å²) in [6, 6.07) is 9.04. The first-order chi connectivity index (χ1) is 10.5. The van der Waals surface area contributed by atoms with Crippen molar-refractivity contribution in [3.63, 3.8) is 0 Å². The van der Waals surface area contributed by atoms with Gasteiger partial charge in [0.1, 0.15) is 29.3 Å². The maximum absolute atomic E-state index is 11.3. The number of carbonyl (C=O) groups is 1. The first-order valence-corrected chi connectivity index (χ1v) is 6.85. The highest BCUT2D eigenvalue weighted by Crippen LogP contribution is 2.29. The minimum atomic E-state index is -1.00. The summed E-state index contributed by atoms with van der Waals surface area (Å²) in [5.41, 5.74) is 2.62. The normalized spacial score (nSPS) is 10.8. The Morgan fingerprint density at radius 3 is 2.77 bits per heavy atom. The topological polar surface area (TPSA) is 72.6 Å². The second-order valence-electron chi connectivity index (χ2n) is 5.09. The van der Waals surface area contributed by atoms with Gasteiger partial charge in [-0.05, 0) is 38.1 Å². The van der Waals surface area contributed by atoms with Gasteiger partial charge in [-0.15, -0.1) is 0 Å². The number of ether oxygens (including phenoxy) is 1. The van der Waals surface area contributed by atoms with Gasteiger partial charge in [0.15, 0.2) is 0 Å². The Bertz CT molecular complexity index is 834. The Balaban J connectivity index is 1.86. The van der Waals surface area contributed by atoms with Crippen LogP contribution in [0.2, 0.25) is 0 Å². The second-order valence-corrected chi connectivity index (χ2v) is 5.09. The maximum atomic E-state index is 11.3. The van der Waals surface area contributed by atoms with Crippen molar-refractivity contribution in [1.82, 2.24) is 4.98 Å². The van der Waals surface area contributed by atoms with Gasteiger partial charge in [0.2, 0.25) is 0 Å². The minimum Gasteiger partial charge on any atom is -0.489 e. The molecule has 112 valence electrons. The van der Waals surface area contributed by atoms with E-state index in [1.165, 1.54) is 0 Å². The van der Waals surface area contributed by atoms with Crippen LogP contribution in [0.5, 0.6) is 5.75 Å². The summed E-state index contributed by atoms with van der Waals surface area (Å²) in [4.78, 5) is 15.5. The van der Waals surface area contributed by atoms with Crippen LogP contribution in [-0.4, -0.2) is 16.1 Å². The first-order valence-electron chi connectivity index (χ1n) is 6.85. The quantitative estimate of drug-likeness (QED) is 0.794. The molecule has 0 aliphatic carbocycles. The van der Waals surface area contributed by atoms with E-state index in [1.807, 2.05) is 19.1 Å². The molecule has 5 nitrogen and oxygen atoms in total. The lowest BCUT2D eigenvalue weighted by Gasteiger charge is -2.06. The molecule has 0 fully saturated rings. The number of aromatic carboxylic acids is 1. The highest BCUT2D eigenvalue weighted by atomic mass is 16.5. The number of hydrogen-bond donors (Lipinski definition) is 1. The standard InChI is InChI=1S/C17H15NO4/c1-10-3-4-12(8-18-10)9-21-13-5-6-15-14(7-13)16(17(19)20)11(2)22-15/h3-8H,9H2,1-2H3,(H,19,20). The molecular formula is C17H15NO4. The van der Waals surface area contributed by atoms with Crippen LogP contribution in [0.3, 0.4) is 0 Å². The molecule has 5 heteroatoms. The van der Waals surface area contributed by atoms with E-state index in [9.17, 15) is 9.90 Å². The molecule has 0 saturated heterocycles. The number of carboxylic acids is 1. The average Bonchev–Trinajstić information content (AvgIpc) is 2.82. The number of nitrogens with zero attached hydrogens (tertiary/aromatic N) is 1. The number of fused-ring (bicyclic) bond motifs is 1. The third kappa shape index (κ3) is 2.65. The summed E-state index contributed by atoms with van der Waals surface area (Å²) >= 11 is 0. The fourth-order valence-electron chi connectivity index (χ4n) is 2.31. The summed E-state index contributed by atoms with van der Waals surface area (Å²) in [6.45, 7) is 3.94. The van der Waals surface area contributed by atoms with Crippen molar-refractivity contribution in [3.05, 3.63) is 59.1 Å². The van der Waals surface area contributed by atoms with Crippen LogP contribution in [0, 0.1) is 13.8 Å². The lowest BCUT2D eigenvalue weighted by atomic mass is 10.1. The van der Waals surface area contributed by atoms with Crippen LogP contribution in [0.4, 0.5) is 0 Å². The van der Waals surface area contributed by atoms with Gasteiger partial charge in [-0.25, -0.2) is 4.79 Å². The van der Waals surface area contributed by atoms with Crippen LogP contribution in [0.25, 0.3) is 11.0 Å². The van der Waals surface area contributed by atoms with Gasteiger partial charge in [0.25, 0.3) is 0 Å². The molecule has 0 amide bonds. The monoisotopic (exact) mass is 297 g/mol. The lowest BCUT2D eigenvalue weighted by molar-refractivity contribution is 0.0697. The van der Waals surface area contributed by atoms with Gasteiger partial charge >= 0.3 is 5.97 Å². The molecule has 0 atom stereocenters. The third-order valence-electron chi connectivity index (χ3n) is 3.43. The largest absolute Gasteiger partial charge is 0.489 e. The molecule has 1 N–H and O–H groups in total. The molecule has 0 aliphatic rings. The molecule has 2 heterocycles. The Morgan fingerprint density at radius 1 is 1.27 bits per heavy atom. The van der Waals surface area contributed by atoms with Gasteiger partial charge in [-0.2, -0.15) is 0 Å². The smallest absolute Gasteiger partial charge is 0.339 e. The zero-order valence-corrected chi connectivity index (χ0v) is 12.3. The molecule has 0 saturated carbocycles. The SMILES string of the molecule is Cc1ccc(COc2ccc3oc(C)c(C(=O)O)c3c2)cn1. The minimum absolute atomic E-state index is 0.178. The van der Waals surface area contributed by atoms with Gasteiger partial charge in [-0.3, -0.25) is 4.98 Å². The second kappa shape index (κ2) is 5.52. The van der Waals surface area contributed by atoms with E-state index in [4.69, 9.17) is 9.15 Å². The van der Waals surface area contributed by atoms with E-state index in [0.717, 1.165) is 11.3 Å². The van der Waals surface area contributed by atoms with Crippen molar-refractivity contribution in [2.24, 2.45) is 0 Å². The van der Waals surface area contributed by atoms with Crippen LogP contribution in [0.1, 0.15) is 27.4 Å². The van der Waals surface area contributed by atoms with Gasteiger partial charge < -0.3 is 14.3 Å². The number of rotatable bonds is 4. The summed E-state index contributed by atoms with van der Waals surface area (Å²) in [5, 5.41) is 9.81. The van der Waals surface area contributed by atoms with Crippen LogP contribution in [0.15, 0.2) is 40.9 Å². The first kappa shape index (κ1) is 14.1. The van der Waals surface area contributed by atoms with Crippen LogP contribution in [-0.2, 0) is 6.61 Å². The van der Waals surface area contributed by atoms with E-state index >= 15 is 0 Å². The number of furan rings is 1. The number of hydrogen-bond acceptors (Lipinski definition) is 4. The van der Waals surface area contributed by atoms with E-state index < -0.39 is 5.97 Å². The summed E-state index contributed by atoms with van der Waals surface area (Å²) in [7, 11) is 0. The Hall–Kier alpha value is -2.82.